The Bertz CT molecular complexity index is 597. The van der Waals surface area contributed by atoms with E-state index >= 15 is 0 Å². The number of carbonyl (C=O) groups excluding carboxylic acids is 3. The van der Waals surface area contributed by atoms with Crippen molar-refractivity contribution in [3.8, 4) is 0 Å². The summed E-state index contributed by atoms with van der Waals surface area (Å²) in [7, 11) is 1.15. The molecule has 0 aliphatic heterocycles. The summed E-state index contributed by atoms with van der Waals surface area (Å²) < 4.78 is 9.63. The lowest BCUT2D eigenvalue weighted by molar-refractivity contribution is -0.148. The second-order valence-corrected chi connectivity index (χ2v) is 6.28. The molecule has 0 aromatic heterocycles. The lowest BCUT2D eigenvalue weighted by Gasteiger charge is -2.23. The molecule has 1 unspecified atom stereocenters. The molecule has 0 aliphatic carbocycles. The monoisotopic (exact) mass is 352 g/mol. The van der Waals surface area contributed by atoms with Crippen LogP contribution in [0.25, 0.3) is 0 Å². The predicted octanol–water partition coefficient (Wildman–Crippen LogP) is 0.903. The smallest absolute Gasteiger partial charge is 0.408 e. The molecule has 1 aromatic rings. The van der Waals surface area contributed by atoms with Gasteiger partial charge in [-0.3, -0.25) is 4.79 Å². The normalized spacial score (nSPS) is 13.3. The van der Waals surface area contributed by atoms with E-state index in [9.17, 15) is 19.5 Å². The molecule has 0 aliphatic rings. The first-order chi connectivity index (χ1) is 11.6. The maximum absolute atomic E-state index is 12.0. The van der Waals surface area contributed by atoms with Gasteiger partial charge in [-0.1, -0.05) is 30.3 Å². The van der Waals surface area contributed by atoms with Crippen LogP contribution in [-0.2, 0) is 19.1 Å². The van der Waals surface area contributed by atoms with Crippen LogP contribution in [-0.4, -0.2) is 48.4 Å². The predicted molar refractivity (Wildman–Crippen MR) is 89.6 cm³/mol. The van der Waals surface area contributed by atoms with Crippen molar-refractivity contribution in [3.05, 3.63) is 35.9 Å². The first-order valence-corrected chi connectivity index (χ1v) is 7.71. The number of hydrogen-bond donors (Lipinski definition) is 3. The fraction of sp³-hybridized carbons (Fsp3) is 0.471. The average Bonchev–Trinajstić information content (AvgIpc) is 2.56. The minimum Gasteiger partial charge on any atom is -0.467 e. The second-order valence-electron chi connectivity index (χ2n) is 6.28. The van der Waals surface area contributed by atoms with Crippen LogP contribution < -0.4 is 10.6 Å². The Kier molecular flexibility index (Phi) is 7.38. The summed E-state index contributed by atoms with van der Waals surface area (Å²) in [6.07, 6.45) is -2.06. The van der Waals surface area contributed by atoms with E-state index in [1.54, 1.807) is 51.1 Å². The Morgan fingerprint density at radius 1 is 1.16 bits per heavy atom. The minimum atomic E-state index is -1.31. The molecule has 1 aromatic carbocycles. The molecule has 8 nitrogen and oxygen atoms in total. The SMILES string of the molecule is COC(=O)[C@@H](NC(=O)CNC(=O)OC(C)(C)C)C(O)c1ccccc1. The molecule has 0 heterocycles. The van der Waals surface area contributed by atoms with Crippen LogP contribution in [0, 0.1) is 0 Å². The lowest BCUT2D eigenvalue weighted by atomic mass is 10.0. The second kappa shape index (κ2) is 9.03. The quantitative estimate of drug-likeness (QED) is 0.656. The molecule has 2 atom stereocenters. The van der Waals surface area contributed by atoms with Crippen molar-refractivity contribution in [1.29, 1.82) is 0 Å². The lowest BCUT2D eigenvalue weighted by Crippen LogP contribution is -2.49. The number of ether oxygens (including phenoxy) is 2. The van der Waals surface area contributed by atoms with E-state index in [4.69, 9.17) is 4.74 Å². The third-order valence-corrected chi connectivity index (χ3v) is 3.02. The van der Waals surface area contributed by atoms with Crippen molar-refractivity contribution in [3.63, 3.8) is 0 Å². The maximum Gasteiger partial charge on any atom is 0.408 e. The van der Waals surface area contributed by atoms with Crippen LogP contribution in [0.2, 0.25) is 0 Å². The molecule has 1 rings (SSSR count). The number of hydrogen-bond acceptors (Lipinski definition) is 6. The van der Waals surface area contributed by atoms with Gasteiger partial charge >= 0.3 is 12.1 Å². The highest BCUT2D eigenvalue weighted by atomic mass is 16.6. The molecule has 3 N–H and O–H groups in total. The topological polar surface area (TPSA) is 114 Å². The van der Waals surface area contributed by atoms with Gasteiger partial charge in [0.25, 0.3) is 0 Å². The maximum atomic E-state index is 12.0. The Labute approximate surface area is 146 Å². The number of esters is 1. The highest BCUT2D eigenvalue weighted by Gasteiger charge is 2.30. The van der Waals surface area contributed by atoms with E-state index < -0.39 is 42.3 Å². The van der Waals surface area contributed by atoms with E-state index in [1.165, 1.54) is 0 Å². The molecule has 8 heteroatoms. The number of rotatable bonds is 6. The van der Waals surface area contributed by atoms with Crippen LogP contribution in [0.3, 0.4) is 0 Å². The molecule has 0 spiro atoms. The van der Waals surface area contributed by atoms with Crippen LogP contribution in [0.4, 0.5) is 4.79 Å². The van der Waals surface area contributed by atoms with Crippen LogP contribution >= 0.6 is 0 Å². The minimum absolute atomic E-state index is 0.413. The largest absolute Gasteiger partial charge is 0.467 e. The molecule has 0 fully saturated rings. The number of amides is 2. The van der Waals surface area contributed by atoms with Crippen molar-refractivity contribution in [2.75, 3.05) is 13.7 Å². The third-order valence-electron chi connectivity index (χ3n) is 3.02. The molecule has 138 valence electrons. The molecule has 0 saturated heterocycles. The van der Waals surface area contributed by atoms with E-state index in [-0.39, 0.29) is 0 Å². The zero-order valence-corrected chi connectivity index (χ0v) is 14.7. The van der Waals surface area contributed by atoms with Crippen LogP contribution in [0.5, 0.6) is 0 Å². The molecule has 0 bridgehead atoms. The summed E-state index contributed by atoms with van der Waals surface area (Å²) in [5.74, 6) is -1.47. The standard InChI is InChI=1S/C17H24N2O6/c1-17(2,3)25-16(23)18-10-12(20)19-13(15(22)24-4)14(21)11-8-6-5-7-9-11/h5-9,13-14,21H,10H2,1-4H3,(H,18,23)(H,19,20)/t13-,14?/m0/s1. The van der Waals surface area contributed by atoms with Crippen molar-refractivity contribution >= 4 is 18.0 Å². The van der Waals surface area contributed by atoms with Gasteiger partial charge < -0.3 is 25.2 Å². The fourth-order valence-electron chi connectivity index (χ4n) is 1.93. The Balaban J connectivity index is 2.68. The van der Waals surface area contributed by atoms with Gasteiger partial charge in [-0.05, 0) is 26.3 Å². The summed E-state index contributed by atoms with van der Waals surface area (Å²) >= 11 is 0. The summed E-state index contributed by atoms with van der Waals surface area (Å²) in [6, 6.07) is 7.07. The number of carbonyl (C=O) groups is 3. The van der Waals surface area contributed by atoms with Crippen LogP contribution in [0.15, 0.2) is 30.3 Å². The number of nitrogens with one attached hydrogen (secondary N) is 2. The fourth-order valence-corrected chi connectivity index (χ4v) is 1.93. The molecule has 0 radical (unpaired) electrons. The zero-order chi connectivity index (χ0) is 19.0. The summed E-state index contributed by atoms with van der Waals surface area (Å²) in [5, 5.41) is 15.0. The number of benzene rings is 1. The number of methoxy groups -OCH3 is 1. The average molecular weight is 352 g/mol. The first kappa shape index (κ1) is 20.4. The van der Waals surface area contributed by atoms with Gasteiger partial charge in [0, 0.05) is 0 Å². The Morgan fingerprint density at radius 3 is 2.28 bits per heavy atom. The van der Waals surface area contributed by atoms with Gasteiger partial charge in [0.15, 0.2) is 6.04 Å². The molecule has 2 amide bonds. The van der Waals surface area contributed by atoms with E-state index in [1.807, 2.05) is 0 Å². The highest BCUT2D eigenvalue weighted by molar-refractivity contribution is 5.87. The van der Waals surface area contributed by atoms with E-state index in [2.05, 4.69) is 15.4 Å². The molecule has 25 heavy (non-hydrogen) atoms. The summed E-state index contributed by atoms with van der Waals surface area (Å²) in [6.45, 7) is 4.66. The van der Waals surface area contributed by atoms with Gasteiger partial charge in [0.2, 0.25) is 5.91 Å². The number of aliphatic hydroxyl groups excluding tert-OH is 1. The summed E-state index contributed by atoms with van der Waals surface area (Å²) in [4.78, 5) is 35.4. The molecular formula is C17H24N2O6. The van der Waals surface area contributed by atoms with Crippen LogP contribution in [0.1, 0.15) is 32.4 Å². The van der Waals surface area contributed by atoms with Gasteiger partial charge in [-0.2, -0.15) is 0 Å². The Hall–Kier alpha value is -2.61. The van der Waals surface area contributed by atoms with Gasteiger partial charge in [0.05, 0.1) is 7.11 Å². The number of aliphatic hydroxyl groups is 1. The van der Waals surface area contributed by atoms with Crippen molar-refractivity contribution < 1.29 is 29.0 Å². The van der Waals surface area contributed by atoms with E-state index in [0.717, 1.165) is 7.11 Å². The van der Waals surface area contributed by atoms with Gasteiger partial charge in [-0.25, -0.2) is 9.59 Å². The number of alkyl carbamates (subject to hydrolysis) is 1. The van der Waals surface area contributed by atoms with Crippen molar-refractivity contribution in [2.24, 2.45) is 0 Å². The zero-order valence-electron chi connectivity index (χ0n) is 14.7. The third kappa shape index (κ3) is 7.21. The van der Waals surface area contributed by atoms with E-state index in [0.29, 0.717) is 5.56 Å². The molecule has 0 saturated carbocycles. The highest BCUT2D eigenvalue weighted by Crippen LogP contribution is 2.17. The van der Waals surface area contributed by atoms with Gasteiger partial charge in [0.1, 0.15) is 18.2 Å². The first-order valence-electron chi connectivity index (χ1n) is 7.71. The van der Waals surface area contributed by atoms with Crippen molar-refractivity contribution in [1.82, 2.24) is 10.6 Å². The van der Waals surface area contributed by atoms with Gasteiger partial charge in [-0.15, -0.1) is 0 Å². The molecular weight excluding hydrogens is 328 g/mol. The van der Waals surface area contributed by atoms with Crippen molar-refractivity contribution in [2.45, 2.75) is 38.5 Å². The summed E-state index contributed by atoms with van der Waals surface area (Å²) in [5.41, 5.74) is -0.253. The Morgan fingerprint density at radius 2 is 1.76 bits per heavy atom.